The van der Waals surface area contributed by atoms with Crippen LogP contribution in [0.15, 0.2) is 12.7 Å². The molecule has 4 heterocycles. The minimum Gasteiger partial charge on any atom is -0.394 e. The van der Waals surface area contributed by atoms with Crippen molar-refractivity contribution < 1.29 is 19.3 Å². The number of nitrogens with two attached hydrogens (primary N) is 1. The van der Waals surface area contributed by atoms with Gasteiger partial charge in [-0.2, -0.15) is 0 Å². The normalized spacial score (nSPS) is 33.4. The van der Waals surface area contributed by atoms with Crippen LogP contribution in [0.25, 0.3) is 11.2 Å². The predicted molar refractivity (Wildman–Crippen MR) is 74.6 cm³/mol. The van der Waals surface area contributed by atoms with Gasteiger partial charge < -0.3 is 25.1 Å². The lowest BCUT2D eigenvalue weighted by atomic mass is 10.1. The largest absolute Gasteiger partial charge is 0.394 e. The van der Waals surface area contributed by atoms with Crippen molar-refractivity contribution in [3.05, 3.63) is 12.7 Å². The second-order valence-corrected chi connectivity index (χ2v) is 5.90. The Labute approximate surface area is 126 Å². The van der Waals surface area contributed by atoms with Crippen molar-refractivity contribution in [3.8, 4) is 0 Å². The molecule has 0 amide bonds. The first-order valence-corrected chi connectivity index (χ1v) is 7.05. The van der Waals surface area contributed by atoms with E-state index in [0.717, 1.165) is 0 Å². The van der Waals surface area contributed by atoms with Crippen molar-refractivity contribution in [3.63, 3.8) is 0 Å². The van der Waals surface area contributed by atoms with Gasteiger partial charge in [0.2, 0.25) is 0 Å². The summed E-state index contributed by atoms with van der Waals surface area (Å²) in [7, 11) is 0. The maximum atomic E-state index is 9.52. The van der Waals surface area contributed by atoms with Crippen LogP contribution in [0, 0.1) is 0 Å². The molecular weight excluding hydrogens is 290 g/mol. The molecule has 4 rings (SSSR count). The second-order valence-electron chi connectivity index (χ2n) is 5.90. The molecule has 2 fully saturated rings. The fourth-order valence-electron chi connectivity index (χ4n) is 3.09. The van der Waals surface area contributed by atoms with Gasteiger partial charge in [-0.1, -0.05) is 0 Å². The van der Waals surface area contributed by atoms with E-state index < -0.39 is 18.1 Å². The second kappa shape index (κ2) is 4.59. The zero-order valence-electron chi connectivity index (χ0n) is 12.2. The lowest BCUT2D eigenvalue weighted by Gasteiger charge is -2.24. The van der Waals surface area contributed by atoms with E-state index in [1.165, 1.54) is 6.33 Å². The van der Waals surface area contributed by atoms with Gasteiger partial charge in [0, 0.05) is 0 Å². The van der Waals surface area contributed by atoms with Gasteiger partial charge >= 0.3 is 0 Å². The third kappa shape index (κ3) is 1.90. The van der Waals surface area contributed by atoms with Crippen LogP contribution in [0.2, 0.25) is 0 Å². The summed E-state index contributed by atoms with van der Waals surface area (Å²) in [6, 6.07) is 0. The number of nitrogens with zero attached hydrogens (tertiary/aromatic N) is 4. The number of fused-ring (bicyclic) bond motifs is 2. The topological polar surface area (TPSA) is 118 Å². The number of hydrogen-bond acceptors (Lipinski definition) is 8. The average Bonchev–Trinajstić information content (AvgIpc) is 3.10. The number of aliphatic hydroxyl groups excluding tert-OH is 1. The highest BCUT2D eigenvalue weighted by molar-refractivity contribution is 5.81. The molecule has 2 unspecified atom stereocenters. The summed E-state index contributed by atoms with van der Waals surface area (Å²) < 4.78 is 19.4. The fraction of sp³-hybridized carbons (Fsp3) is 0.615. The molecule has 2 aliphatic rings. The SMILES string of the molecule is CC1(C)OC2C(O1)[C@H](n1cnc3c(N)ncnc31)O[C@H]2CO. The molecule has 9 nitrogen and oxygen atoms in total. The maximum absolute atomic E-state index is 9.52. The average molecular weight is 307 g/mol. The predicted octanol–water partition coefficient (Wildman–Crippen LogP) is -0.182. The molecule has 0 spiro atoms. The molecule has 9 heteroatoms. The number of aromatic nitrogens is 4. The minimum atomic E-state index is -0.727. The van der Waals surface area contributed by atoms with Gasteiger partial charge in [-0.25, -0.2) is 15.0 Å². The van der Waals surface area contributed by atoms with Gasteiger partial charge in [0.15, 0.2) is 23.5 Å². The number of rotatable bonds is 2. The molecule has 22 heavy (non-hydrogen) atoms. The van der Waals surface area contributed by atoms with Gasteiger partial charge in [0.1, 0.15) is 30.2 Å². The van der Waals surface area contributed by atoms with Gasteiger partial charge in [0.05, 0.1) is 12.9 Å². The van der Waals surface area contributed by atoms with Gasteiger partial charge in [0.25, 0.3) is 0 Å². The maximum Gasteiger partial charge on any atom is 0.167 e. The molecule has 0 aliphatic carbocycles. The van der Waals surface area contributed by atoms with Crippen molar-refractivity contribution in [2.75, 3.05) is 12.3 Å². The summed E-state index contributed by atoms with van der Waals surface area (Å²) >= 11 is 0. The highest BCUT2D eigenvalue weighted by Crippen LogP contribution is 2.43. The number of imidazole rings is 1. The lowest BCUT2D eigenvalue weighted by Crippen LogP contribution is -2.31. The summed E-state index contributed by atoms with van der Waals surface area (Å²) in [5, 5.41) is 9.52. The Kier molecular flexibility index (Phi) is 2.89. The van der Waals surface area contributed by atoms with Crippen LogP contribution in [-0.4, -0.2) is 55.3 Å². The van der Waals surface area contributed by atoms with Crippen LogP contribution < -0.4 is 5.73 Å². The fourth-order valence-corrected chi connectivity index (χ4v) is 3.09. The van der Waals surface area contributed by atoms with E-state index in [1.807, 2.05) is 13.8 Å². The number of nitrogen functional groups attached to an aromatic ring is 1. The number of hydrogen-bond donors (Lipinski definition) is 2. The minimum absolute atomic E-state index is 0.152. The third-order valence-corrected chi connectivity index (χ3v) is 3.97. The van der Waals surface area contributed by atoms with Crippen LogP contribution in [-0.2, 0) is 14.2 Å². The molecule has 4 atom stereocenters. The standard InChI is InChI=1S/C13H17N5O4/c1-13(2)21-8-6(3-19)20-12(9(8)22-13)18-5-17-7-10(14)15-4-16-11(7)18/h4-6,8-9,12,19H,3H2,1-2H3,(H2,14,15,16)/t6-,8?,9?,12+/m0/s1. The van der Waals surface area contributed by atoms with Crippen LogP contribution in [0.4, 0.5) is 5.82 Å². The summed E-state index contributed by atoms with van der Waals surface area (Å²) in [6.07, 6.45) is 1.30. The summed E-state index contributed by atoms with van der Waals surface area (Å²) in [6.45, 7) is 3.52. The molecule has 0 radical (unpaired) electrons. The molecule has 2 saturated heterocycles. The third-order valence-electron chi connectivity index (χ3n) is 3.97. The van der Waals surface area contributed by atoms with Crippen LogP contribution in [0.3, 0.4) is 0 Å². The highest BCUT2D eigenvalue weighted by Gasteiger charge is 2.55. The molecule has 2 aromatic rings. The first kappa shape index (κ1) is 13.8. The van der Waals surface area contributed by atoms with Crippen molar-refractivity contribution in [2.24, 2.45) is 0 Å². The Morgan fingerprint density at radius 2 is 2.05 bits per heavy atom. The Balaban J connectivity index is 1.77. The Bertz CT molecular complexity index is 718. The zero-order valence-corrected chi connectivity index (χ0v) is 12.2. The van der Waals surface area contributed by atoms with Gasteiger partial charge in [-0.3, -0.25) is 4.57 Å². The van der Waals surface area contributed by atoms with Crippen molar-refractivity contribution in [1.82, 2.24) is 19.5 Å². The van der Waals surface area contributed by atoms with Crippen molar-refractivity contribution >= 4 is 17.0 Å². The van der Waals surface area contributed by atoms with E-state index in [9.17, 15) is 5.11 Å². The monoisotopic (exact) mass is 307 g/mol. The first-order chi connectivity index (χ1) is 10.5. The molecule has 2 aromatic heterocycles. The molecule has 3 N–H and O–H groups in total. The van der Waals surface area contributed by atoms with E-state index in [0.29, 0.717) is 17.0 Å². The number of anilines is 1. The molecular formula is C13H17N5O4. The summed E-state index contributed by atoms with van der Waals surface area (Å²) in [5.41, 5.74) is 6.87. The lowest BCUT2D eigenvalue weighted by molar-refractivity contribution is -0.199. The Morgan fingerprint density at radius 3 is 2.82 bits per heavy atom. The first-order valence-electron chi connectivity index (χ1n) is 7.05. The van der Waals surface area contributed by atoms with Crippen LogP contribution in [0.5, 0.6) is 0 Å². The summed E-state index contributed by atoms with van der Waals surface area (Å²) in [5.74, 6) is -0.421. The van der Waals surface area contributed by atoms with Crippen molar-refractivity contribution in [1.29, 1.82) is 0 Å². The quantitative estimate of drug-likeness (QED) is 0.784. The smallest absolute Gasteiger partial charge is 0.167 e. The summed E-state index contributed by atoms with van der Waals surface area (Å²) in [4.78, 5) is 12.4. The molecule has 0 saturated carbocycles. The molecule has 0 aromatic carbocycles. The van der Waals surface area contributed by atoms with Crippen LogP contribution >= 0.6 is 0 Å². The Morgan fingerprint density at radius 1 is 1.27 bits per heavy atom. The van der Waals surface area contributed by atoms with Gasteiger partial charge in [-0.15, -0.1) is 0 Å². The molecule has 118 valence electrons. The van der Waals surface area contributed by atoms with E-state index in [2.05, 4.69) is 15.0 Å². The van der Waals surface area contributed by atoms with E-state index in [4.69, 9.17) is 19.9 Å². The van der Waals surface area contributed by atoms with E-state index in [-0.39, 0.29) is 18.8 Å². The number of aliphatic hydroxyl groups is 1. The zero-order chi connectivity index (χ0) is 15.5. The Hall–Kier alpha value is -1.81. The molecule has 2 aliphatic heterocycles. The highest BCUT2D eigenvalue weighted by atomic mass is 16.8. The number of ether oxygens (including phenoxy) is 3. The van der Waals surface area contributed by atoms with E-state index >= 15 is 0 Å². The van der Waals surface area contributed by atoms with Crippen LogP contribution in [0.1, 0.15) is 20.1 Å². The van der Waals surface area contributed by atoms with Crippen molar-refractivity contribution in [2.45, 2.75) is 44.2 Å². The molecule has 0 bridgehead atoms. The van der Waals surface area contributed by atoms with Gasteiger partial charge in [-0.05, 0) is 13.8 Å². The van der Waals surface area contributed by atoms with E-state index in [1.54, 1.807) is 10.9 Å².